The van der Waals surface area contributed by atoms with Gasteiger partial charge in [-0.2, -0.15) is 8.75 Å². The molecule has 3 nitrogen and oxygen atoms in total. The highest BCUT2D eigenvalue weighted by Crippen LogP contribution is 2.29. The van der Waals surface area contributed by atoms with Crippen LogP contribution in [0.5, 0.6) is 0 Å². The van der Waals surface area contributed by atoms with E-state index in [1.807, 2.05) is 30.2 Å². The molecule has 0 aliphatic heterocycles. The summed E-state index contributed by atoms with van der Waals surface area (Å²) in [6, 6.07) is 4.05. The Bertz CT molecular complexity index is 462. The van der Waals surface area contributed by atoms with Gasteiger partial charge >= 0.3 is 0 Å². The van der Waals surface area contributed by atoms with Crippen LogP contribution in [0.2, 0.25) is 0 Å². The maximum absolute atomic E-state index is 4.39. The number of unbranched alkanes of at least 4 members (excludes halogenated alkanes) is 3. The molecule has 0 aromatic carbocycles. The van der Waals surface area contributed by atoms with E-state index in [4.69, 9.17) is 0 Å². The van der Waals surface area contributed by atoms with Crippen LogP contribution in [0, 0.1) is 0 Å². The van der Waals surface area contributed by atoms with Crippen LogP contribution in [0.25, 0.3) is 11.3 Å². The van der Waals surface area contributed by atoms with Crippen molar-refractivity contribution in [2.75, 3.05) is 5.75 Å². The fraction of sp³-hybridized carbons (Fsp3) is 0.462. The van der Waals surface area contributed by atoms with Crippen LogP contribution in [0.15, 0.2) is 29.6 Å². The first-order valence-corrected chi connectivity index (χ1v) is 8.05. The number of nitrogens with one attached hydrogen (secondary N) is 1. The van der Waals surface area contributed by atoms with Crippen molar-refractivity contribution < 1.29 is 29.0 Å². The summed E-state index contributed by atoms with van der Waals surface area (Å²) in [5.74, 6) is 1.13. The molecule has 0 atom stereocenters. The molecule has 2 heterocycles. The van der Waals surface area contributed by atoms with Gasteiger partial charge in [-0.1, -0.05) is 26.2 Å². The smallest absolute Gasteiger partial charge is 0.176 e. The van der Waals surface area contributed by atoms with Gasteiger partial charge in [-0.25, -0.2) is 4.98 Å². The molecule has 2 rings (SSSR count). The third-order valence-corrected chi connectivity index (χ3v) is 4.37. The zero-order valence-corrected chi connectivity index (χ0v) is 14.7. The molecule has 0 bridgehead atoms. The van der Waals surface area contributed by atoms with E-state index in [1.165, 1.54) is 37.4 Å². The van der Waals surface area contributed by atoms with Crippen molar-refractivity contribution in [3.8, 4) is 11.3 Å². The Labute approximate surface area is 140 Å². The summed E-state index contributed by atoms with van der Waals surface area (Å²) in [4.78, 5) is 3.09. The van der Waals surface area contributed by atoms with E-state index in [1.54, 1.807) is 0 Å². The number of aromatic nitrogens is 3. The molecule has 0 saturated carbocycles. The average molecular weight is 407 g/mol. The second kappa shape index (κ2) is 9.66. The Kier molecular flexibility index (Phi) is 8.56. The number of hydrogen-bond donors (Lipinski definition) is 0. The Hall–Kier alpha value is -0.210. The number of H-pyrrole nitrogens is 1. The van der Waals surface area contributed by atoms with Crippen LogP contribution >= 0.6 is 23.5 Å². The van der Waals surface area contributed by atoms with Gasteiger partial charge in [0, 0.05) is 6.07 Å². The van der Waals surface area contributed by atoms with E-state index < -0.39 is 0 Å². The molecule has 2 aromatic heterocycles. The third kappa shape index (κ3) is 5.35. The SMILES string of the molecule is CCCCCCSc1nsnc1-c1ccc[nH+]c1.[I-]. The van der Waals surface area contributed by atoms with Crippen molar-refractivity contribution >= 4 is 23.5 Å². The van der Waals surface area contributed by atoms with Gasteiger partial charge in [0.1, 0.15) is 10.7 Å². The normalized spacial score (nSPS) is 10.2. The fourth-order valence-electron chi connectivity index (χ4n) is 1.69. The average Bonchev–Trinajstić information content (AvgIpc) is 2.88. The van der Waals surface area contributed by atoms with Crippen LogP contribution in [0.3, 0.4) is 0 Å². The number of hydrogen-bond acceptors (Lipinski definition) is 4. The quantitative estimate of drug-likeness (QED) is 0.386. The number of rotatable bonds is 7. The highest BCUT2D eigenvalue weighted by molar-refractivity contribution is 7.99. The number of pyridine rings is 1. The minimum Gasteiger partial charge on any atom is -1.00 e. The number of thioether (sulfide) groups is 1. The fourth-order valence-corrected chi connectivity index (χ4v) is 3.38. The number of aromatic amines is 1. The lowest BCUT2D eigenvalue weighted by Crippen LogP contribution is -3.00. The van der Waals surface area contributed by atoms with E-state index in [2.05, 4.69) is 26.7 Å². The van der Waals surface area contributed by atoms with Crippen LogP contribution in [-0.2, 0) is 0 Å². The monoisotopic (exact) mass is 407 g/mol. The van der Waals surface area contributed by atoms with Crippen molar-refractivity contribution in [3.05, 3.63) is 24.5 Å². The Morgan fingerprint density at radius 2 is 2.16 bits per heavy atom. The molecule has 0 aliphatic rings. The van der Waals surface area contributed by atoms with Gasteiger partial charge in [-0.05, 0) is 18.2 Å². The zero-order valence-electron chi connectivity index (χ0n) is 10.9. The van der Waals surface area contributed by atoms with Crippen LogP contribution in [0.4, 0.5) is 0 Å². The molecule has 0 amide bonds. The van der Waals surface area contributed by atoms with Gasteiger partial charge in [-0.15, -0.1) is 11.8 Å². The summed E-state index contributed by atoms with van der Waals surface area (Å²) >= 11 is 3.12. The zero-order chi connectivity index (χ0) is 12.6. The van der Waals surface area contributed by atoms with Crippen molar-refractivity contribution in [3.63, 3.8) is 0 Å². The standard InChI is InChI=1S/C13H17N3S2.HI/c1-2-3-4-5-9-17-13-12(15-18-16-13)11-7-6-8-14-10-11;/h6-8,10H,2-5,9H2,1H3;1H. The summed E-state index contributed by atoms with van der Waals surface area (Å²) in [5, 5.41) is 1.07. The van der Waals surface area contributed by atoms with Crippen LogP contribution < -0.4 is 29.0 Å². The van der Waals surface area contributed by atoms with Gasteiger partial charge in [0.25, 0.3) is 0 Å². The summed E-state index contributed by atoms with van der Waals surface area (Å²) in [7, 11) is 0. The molecule has 2 aromatic rings. The van der Waals surface area contributed by atoms with Crippen molar-refractivity contribution in [1.82, 2.24) is 8.75 Å². The number of nitrogens with zero attached hydrogens (tertiary/aromatic N) is 2. The van der Waals surface area contributed by atoms with Crippen molar-refractivity contribution in [2.45, 2.75) is 37.6 Å². The predicted octanol–water partition coefficient (Wildman–Crippen LogP) is 0.696. The van der Waals surface area contributed by atoms with E-state index in [-0.39, 0.29) is 24.0 Å². The van der Waals surface area contributed by atoms with E-state index >= 15 is 0 Å². The van der Waals surface area contributed by atoms with E-state index in [0.717, 1.165) is 22.0 Å². The lowest BCUT2D eigenvalue weighted by molar-refractivity contribution is -0.377. The van der Waals surface area contributed by atoms with Gasteiger partial charge in [-0.3, -0.25) is 0 Å². The maximum atomic E-state index is 4.39. The molecule has 6 heteroatoms. The lowest BCUT2D eigenvalue weighted by Gasteiger charge is -2.00. The highest BCUT2D eigenvalue weighted by Gasteiger charge is 2.12. The van der Waals surface area contributed by atoms with E-state index in [0.29, 0.717) is 0 Å². The number of halogens is 1. The first kappa shape index (κ1) is 16.8. The Morgan fingerprint density at radius 3 is 2.89 bits per heavy atom. The predicted molar refractivity (Wildman–Crippen MR) is 76.8 cm³/mol. The molecule has 0 aliphatic carbocycles. The summed E-state index contributed by atoms with van der Waals surface area (Å²) in [5.41, 5.74) is 2.12. The second-order valence-corrected chi connectivity index (χ2v) is 5.73. The van der Waals surface area contributed by atoms with Gasteiger partial charge in [0.05, 0.1) is 17.3 Å². The molecule has 0 radical (unpaired) electrons. The van der Waals surface area contributed by atoms with Gasteiger partial charge in [0.2, 0.25) is 0 Å². The van der Waals surface area contributed by atoms with Crippen LogP contribution in [0.1, 0.15) is 32.6 Å². The molecule has 0 fully saturated rings. The first-order valence-electron chi connectivity index (χ1n) is 6.33. The second-order valence-electron chi connectivity index (χ2n) is 4.12. The lowest BCUT2D eigenvalue weighted by atomic mass is 10.2. The minimum atomic E-state index is 0. The minimum absolute atomic E-state index is 0. The summed E-state index contributed by atoms with van der Waals surface area (Å²) in [6.45, 7) is 2.24. The summed E-state index contributed by atoms with van der Waals surface area (Å²) < 4.78 is 8.78. The molecule has 0 spiro atoms. The summed E-state index contributed by atoms with van der Waals surface area (Å²) in [6.07, 6.45) is 9.06. The third-order valence-electron chi connectivity index (χ3n) is 2.68. The Morgan fingerprint density at radius 1 is 1.26 bits per heavy atom. The molecule has 1 N–H and O–H groups in total. The largest absolute Gasteiger partial charge is 1.00 e. The molecule has 19 heavy (non-hydrogen) atoms. The highest BCUT2D eigenvalue weighted by atomic mass is 127. The molecule has 0 unspecified atom stereocenters. The van der Waals surface area contributed by atoms with Gasteiger partial charge < -0.3 is 24.0 Å². The maximum Gasteiger partial charge on any atom is 0.176 e. The topological polar surface area (TPSA) is 39.9 Å². The first-order chi connectivity index (χ1) is 8.92. The molecular formula is C13H18IN3S2. The molecular weight excluding hydrogens is 389 g/mol. The van der Waals surface area contributed by atoms with Crippen LogP contribution in [-0.4, -0.2) is 14.5 Å². The molecule has 104 valence electrons. The van der Waals surface area contributed by atoms with Crippen molar-refractivity contribution in [2.24, 2.45) is 0 Å². The molecule has 0 saturated heterocycles. The van der Waals surface area contributed by atoms with E-state index in [9.17, 15) is 0 Å². The van der Waals surface area contributed by atoms with Crippen molar-refractivity contribution in [1.29, 1.82) is 0 Å². The van der Waals surface area contributed by atoms with Gasteiger partial charge in [0.15, 0.2) is 12.4 Å². The Balaban J connectivity index is 0.00000180.